The number of hydrogen-bond acceptors (Lipinski definition) is 3. The number of aromatic nitrogens is 3. The van der Waals surface area contributed by atoms with Gasteiger partial charge in [0.2, 0.25) is 0 Å². The van der Waals surface area contributed by atoms with Crippen molar-refractivity contribution >= 4 is 0 Å². The monoisotopic (exact) mass is 219 g/mol. The van der Waals surface area contributed by atoms with Gasteiger partial charge in [-0.25, -0.2) is 0 Å². The summed E-state index contributed by atoms with van der Waals surface area (Å²) < 4.78 is 1.97. The molecule has 0 radical (unpaired) electrons. The quantitative estimate of drug-likeness (QED) is 0.841. The van der Waals surface area contributed by atoms with Gasteiger partial charge in [-0.1, -0.05) is 6.07 Å². The van der Waals surface area contributed by atoms with Crippen molar-refractivity contribution in [2.75, 3.05) is 7.11 Å². The lowest BCUT2D eigenvalue weighted by Crippen LogP contribution is -2.04. The molecule has 16 heavy (non-hydrogen) atoms. The Morgan fingerprint density at radius 1 is 1.12 bits per heavy atom. The largest absolute Gasteiger partial charge is 0.400 e. The lowest BCUT2D eigenvalue weighted by Gasteiger charge is -2.09. The summed E-state index contributed by atoms with van der Waals surface area (Å²) in [6.45, 7) is 4.22. The Bertz CT molecular complexity index is 409. The van der Waals surface area contributed by atoms with Crippen molar-refractivity contribution in [3.63, 3.8) is 0 Å². The average Bonchev–Trinajstić information content (AvgIpc) is 2.82. The summed E-state index contributed by atoms with van der Waals surface area (Å²) in [6.07, 6.45) is 3.61. The van der Waals surface area contributed by atoms with Crippen LogP contribution in [0.2, 0.25) is 0 Å². The Morgan fingerprint density at radius 3 is 2.44 bits per heavy atom. The number of hydrogen-bond donors (Lipinski definition) is 1. The molecule has 2 aromatic rings. The van der Waals surface area contributed by atoms with Crippen LogP contribution in [0.3, 0.4) is 0 Å². The van der Waals surface area contributed by atoms with Crippen LogP contribution >= 0.6 is 0 Å². The van der Waals surface area contributed by atoms with Crippen LogP contribution in [0.4, 0.5) is 0 Å². The third kappa shape index (κ3) is 2.67. The summed E-state index contributed by atoms with van der Waals surface area (Å²) in [4.78, 5) is 4.30. The van der Waals surface area contributed by atoms with E-state index >= 15 is 0 Å². The Balaban J connectivity index is 0.000000606. The molecule has 0 amide bonds. The molecular weight excluding hydrogens is 202 g/mol. The van der Waals surface area contributed by atoms with Gasteiger partial charge >= 0.3 is 0 Å². The molecule has 0 unspecified atom stereocenters. The van der Waals surface area contributed by atoms with Crippen LogP contribution in [-0.4, -0.2) is 27.0 Å². The first-order valence-corrected chi connectivity index (χ1v) is 5.18. The van der Waals surface area contributed by atoms with Crippen LogP contribution in [0.5, 0.6) is 0 Å². The molecule has 0 aliphatic rings. The Morgan fingerprint density at radius 2 is 1.88 bits per heavy atom. The van der Waals surface area contributed by atoms with E-state index in [-0.39, 0.29) is 0 Å². The van der Waals surface area contributed by atoms with Crippen molar-refractivity contribution in [2.45, 2.75) is 19.9 Å². The summed E-state index contributed by atoms with van der Waals surface area (Å²) in [7, 11) is 1.00. The topological polar surface area (TPSA) is 50.9 Å². The lowest BCUT2D eigenvalue weighted by atomic mass is 10.2. The minimum Gasteiger partial charge on any atom is -0.400 e. The second kappa shape index (κ2) is 6.02. The second-order valence-electron chi connectivity index (χ2n) is 3.47. The number of aliphatic hydroxyl groups is 1. The zero-order valence-electron chi connectivity index (χ0n) is 9.83. The molecule has 0 saturated heterocycles. The maximum Gasteiger partial charge on any atom is 0.0883 e. The first-order valence-electron chi connectivity index (χ1n) is 5.18. The summed E-state index contributed by atoms with van der Waals surface area (Å²) in [5, 5.41) is 11.3. The molecule has 0 fully saturated rings. The van der Waals surface area contributed by atoms with Crippen LogP contribution in [-0.2, 0) is 0 Å². The summed E-state index contributed by atoms with van der Waals surface area (Å²) in [5.41, 5.74) is 2.04. The second-order valence-corrected chi connectivity index (χ2v) is 3.47. The molecule has 0 aliphatic carbocycles. The molecule has 0 spiro atoms. The molecule has 0 bridgehead atoms. The van der Waals surface area contributed by atoms with Crippen molar-refractivity contribution in [1.29, 1.82) is 0 Å². The molecule has 86 valence electrons. The highest BCUT2D eigenvalue weighted by atomic mass is 16.2. The summed E-state index contributed by atoms with van der Waals surface area (Å²) in [6, 6.07) is 8.25. The van der Waals surface area contributed by atoms with E-state index in [1.54, 1.807) is 6.20 Å². The predicted octanol–water partition coefficient (Wildman–Crippen LogP) is 2.13. The van der Waals surface area contributed by atoms with Crippen LogP contribution in [0.25, 0.3) is 11.4 Å². The number of rotatable bonds is 2. The molecule has 0 atom stereocenters. The van der Waals surface area contributed by atoms with E-state index in [9.17, 15) is 0 Å². The Labute approximate surface area is 95.6 Å². The zero-order valence-corrected chi connectivity index (χ0v) is 9.83. The van der Waals surface area contributed by atoms with Gasteiger partial charge in [0.05, 0.1) is 11.4 Å². The highest BCUT2D eigenvalue weighted by molar-refractivity contribution is 5.53. The van der Waals surface area contributed by atoms with Crippen molar-refractivity contribution < 1.29 is 5.11 Å². The predicted molar refractivity (Wildman–Crippen MR) is 64.0 cm³/mol. The van der Waals surface area contributed by atoms with E-state index in [0.717, 1.165) is 18.5 Å². The molecule has 2 rings (SSSR count). The van der Waals surface area contributed by atoms with E-state index in [2.05, 4.69) is 23.9 Å². The van der Waals surface area contributed by atoms with Crippen molar-refractivity contribution in [3.8, 4) is 11.4 Å². The van der Waals surface area contributed by atoms with Crippen molar-refractivity contribution in [3.05, 3.63) is 36.7 Å². The molecule has 0 saturated carbocycles. The number of pyridine rings is 1. The van der Waals surface area contributed by atoms with Crippen molar-refractivity contribution in [2.24, 2.45) is 0 Å². The van der Waals surface area contributed by atoms with Gasteiger partial charge in [-0.15, -0.1) is 0 Å². The van der Waals surface area contributed by atoms with Gasteiger partial charge in [-0.3, -0.25) is 9.67 Å². The van der Waals surface area contributed by atoms with E-state index in [1.165, 1.54) is 0 Å². The molecule has 4 nitrogen and oxygen atoms in total. The van der Waals surface area contributed by atoms with Gasteiger partial charge in [-0.2, -0.15) is 5.10 Å². The van der Waals surface area contributed by atoms with E-state index < -0.39 is 0 Å². The van der Waals surface area contributed by atoms with Gasteiger partial charge in [0.25, 0.3) is 0 Å². The van der Waals surface area contributed by atoms with E-state index in [0.29, 0.717) is 6.04 Å². The van der Waals surface area contributed by atoms with Gasteiger partial charge in [0, 0.05) is 25.5 Å². The standard InChI is InChI=1S/C11H13N3.CH4O/c1-9(2)14-11(6-8-13-14)10-5-3-4-7-12-10;1-2/h3-9H,1-2H3;2H,1H3. The van der Waals surface area contributed by atoms with E-state index in [4.69, 9.17) is 5.11 Å². The molecular formula is C12H17N3O. The fourth-order valence-corrected chi connectivity index (χ4v) is 1.44. The van der Waals surface area contributed by atoms with Gasteiger partial charge in [0.1, 0.15) is 0 Å². The van der Waals surface area contributed by atoms with Crippen molar-refractivity contribution in [1.82, 2.24) is 14.8 Å². The summed E-state index contributed by atoms with van der Waals surface area (Å²) >= 11 is 0. The van der Waals surface area contributed by atoms with Gasteiger partial charge in [-0.05, 0) is 32.0 Å². The molecule has 0 aromatic carbocycles. The minimum absolute atomic E-state index is 0.363. The smallest absolute Gasteiger partial charge is 0.0883 e. The van der Waals surface area contributed by atoms with Gasteiger partial charge in [0.15, 0.2) is 0 Å². The number of aliphatic hydroxyl groups excluding tert-OH is 1. The first kappa shape index (κ1) is 12.4. The third-order valence-electron chi connectivity index (χ3n) is 2.09. The summed E-state index contributed by atoms with van der Waals surface area (Å²) in [5.74, 6) is 0. The van der Waals surface area contributed by atoms with Gasteiger partial charge < -0.3 is 5.11 Å². The van der Waals surface area contributed by atoms with E-state index in [1.807, 2.05) is 35.1 Å². The van der Waals surface area contributed by atoms with Crippen LogP contribution in [0.1, 0.15) is 19.9 Å². The maximum absolute atomic E-state index is 7.00. The molecule has 2 aromatic heterocycles. The highest BCUT2D eigenvalue weighted by Gasteiger charge is 2.07. The lowest BCUT2D eigenvalue weighted by molar-refractivity contribution is 0.399. The maximum atomic E-state index is 7.00. The zero-order chi connectivity index (χ0) is 12.0. The Hall–Kier alpha value is -1.68. The molecule has 0 aliphatic heterocycles. The highest BCUT2D eigenvalue weighted by Crippen LogP contribution is 2.18. The molecule has 4 heteroatoms. The average molecular weight is 219 g/mol. The van der Waals surface area contributed by atoms with Crippen LogP contribution in [0, 0.1) is 0 Å². The number of nitrogens with zero attached hydrogens (tertiary/aromatic N) is 3. The fraction of sp³-hybridized carbons (Fsp3) is 0.333. The fourth-order valence-electron chi connectivity index (χ4n) is 1.44. The third-order valence-corrected chi connectivity index (χ3v) is 2.09. The SMILES string of the molecule is CC(C)n1nccc1-c1ccccn1.CO. The molecule has 1 N–H and O–H groups in total. The minimum atomic E-state index is 0.363. The van der Waals surface area contributed by atoms with Crippen LogP contribution in [0.15, 0.2) is 36.7 Å². The normalized spacial score (nSPS) is 9.81. The van der Waals surface area contributed by atoms with Crippen LogP contribution < -0.4 is 0 Å². The first-order chi connectivity index (χ1) is 7.79. The Kier molecular flexibility index (Phi) is 4.66. The molecule has 2 heterocycles.